The Hall–Kier alpha value is -4.08. The fourth-order valence-corrected chi connectivity index (χ4v) is 5.53. The van der Waals surface area contributed by atoms with Crippen LogP contribution in [0.4, 0.5) is 4.39 Å². The van der Waals surface area contributed by atoms with E-state index in [-0.39, 0.29) is 42.5 Å². The summed E-state index contributed by atoms with van der Waals surface area (Å²) >= 11 is 6.10. The zero-order valence-corrected chi connectivity index (χ0v) is 29.0. The first-order chi connectivity index (χ1) is 23.0. The minimum atomic E-state index is -0.604. The molecular weight excluding hydrogens is 631 g/mol. The maximum atomic E-state index is 14.1. The molecule has 3 atom stereocenters. The Morgan fingerprint density at radius 2 is 1.52 bits per heavy atom. The lowest BCUT2D eigenvalue weighted by molar-refractivity contribution is -0.129. The summed E-state index contributed by atoms with van der Waals surface area (Å²) in [6.07, 6.45) is 3.64. The van der Waals surface area contributed by atoms with E-state index in [1.807, 2.05) is 51.1 Å². The second-order valence-electron chi connectivity index (χ2n) is 12.4. The Kier molecular flexibility index (Phi) is 15.7. The van der Waals surface area contributed by atoms with E-state index in [0.717, 1.165) is 18.4 Å². The first-order valence-corrected chi connectivity index (χ1v) is 17.1. The van der Waals surface area contributed by atoms with Crippen LogP contribution in [0.5, 0.6) is 0 Å². The average Bonchev–Trinajstić information content (AvgIpc) is 3.08. The number of Topliss-reactive ketones (excluding diaryl/α,β-unsaturated/α-hetero) is 1. The van der Waals surface area contributed by atoms with Gasteiger partial charge < -0.3 is 21.3 Å². The van der Waals surface area contributed by atoms with Crippen molar-refractivity contribution in [3.63, 3.8) is 0 Å². The van der Waals surface area contributed by atoms with Crippen LogP contribution >= 0.6 is 11.6 Å². The third kappa shape index (κ3) is 12.2. The van der Waals surface area contributed by atoms with Crippen LogP contribution in [-0.2, 0) is 22.4 Å². The van der Waals surface area contributed by atoms with Crippen LogP contribution in [0.3, 0.4) is 0 Å². The molecule has 3 rings (SSSR count). The zero-order valence-electron chi connectivity index (χ0n) is 28.3. The van der Waals surface area contributed by atoms with E-state index in [2.05, 4.69) is 21.3 Å². The molecule has 3 aromatic rings. The summed E-state index contributed by atoms with van der Waals surface area (Å²) in [6, 6.07) is 19.2. The summed E-state index contributed by atoms with van der Waals surface area (Å²) in [5.41, 5.74) is 2.04. The fourth-order valence-electron chi connectivity index (χ4n) is 5.27. The van der Waals surface area contributed by atoms with Crippen molar-refractivity contribution in [2.24, 2.45) is 5.92 Å². The quantitative estimate of drug-likeness (QED) is 0.123. The monoisotopic (exact) mass is 678 g/mol. The lowest BCUT2D eigenvalue weighted by Gasteiger charge is -2.25. The molecule has 0 aliphatic heterocycles. The summed E-state index contributed by atoms with van der Waals surface area (Å²) in [5, 5.41) is 12.3. The van der Waals surface area contributed by atoms with E-state index in [1.54, 1.807) is 31.2 Å². The van der Waals surface area contributed by atoms with Gasteiger partial charge in [-0.3, -0.25) is 19.2 Å². The zero-order chi connectivity index (χ0) is 35.1. The molecule has 0 heterocycles. The van der Waals surface area contributed by atoms with Crippen molar-refractivity contribution in [3.05, 3.63) is 106 Å². The van der Waals surface area contributed by atoms with E-state index in [4.69, 9.17) is 11.6 Å². The number of hydrogen-bond acceptors (Lipinski definition) is 5. The Balaban J connectivity index is 1.63. The van der Waals surface area contributed by atoms with E-state index in [0.29, 0.717) is 47.5 Å². The molecule has 48 heavy (non-hydrogen) atoms. The number of benzene rings is 3. The predicted molar refractivity (Wildman–Crippen MR) is 189 cm³/mol. The Morgan fingerprint density at radius 3 is 2.19 bits per heavy atom. The number of halogens is 2. The van der Waals surface area contributed by atoms with Gasteiger partial charge in [-0.15, -0.1) is 0 Å². The molecule has 0 aliphatic rings. The molecule has 0 aliphatic carbocycles. The normalized spacial score (nSPS) is 13.0. The highest BCUT2D eigenvalue weighted by Crippen LogP contribution is 2.19. The number of ketones is 1. The largest absolute Gasteiger partial charge is 0.352 e. The van der Waals surface area contributed by atoms with Crippen molar-refractivity contribution in [2.75, 3.05) is 13.1 Å². The summed E-state index contributed by atoms with van der Waals surface area (Å²) < 4.78 is 14.1. The molecule has 0 saturated carbocycles. The Labute approximate surface area is 288 Å². The van der Waals surface area contributed by atoms with Gasteiger partial charge in [0.05, 0.1) is 12.1 Å². The maximum Gasteiger partial charge on any atom is 0.251 e. The van der Waals surface area contributed by atoms with Crippen LogP contribution < -0.4 is 21.3 Å². The van der Waals surface area contributed by atoms with Crippen molar-refractivity contribution in [2.45, 2.75) is 84.3 Å². The van der Waals surface area contributed by atoms with Crippen molar-refractivity contribution < 1.29 is 23.6 Å². The number of carbonyl (C=O) groups excluding carboxylic acids is 4. The van der Waals surface area contributed by atoms with Gasteiger partial charge in [0.25, 0.3) is 11.8 Å². The molecule has 1 unspecified atom stereocenters. The molecule has 4 N–H and O–H groups in total. The molecule has 0 radical (unpaired) electrons. The number of rotatable bonds is 19. The van der Waals surface area contributed by atoms with Crippen molar-refractivity contribution in [3.8, 4) is 0 Å². The standard InChI is InChI=1S/C38H48ClFN4O4/c1-5-6-18-34(45)35(25(2)3)44-36(46)26(4)42-24-30(20-19-27-12-8-7-9-13-27)43-38(48)29-15-10-14-28(23-29)37(47)41-22-21-31-32(39)16-11-17-33(31)40/h7-17,23,25-26,30,35,42H,5-6,18-22,24H2,1-4H3,(H,41,47)(H,43,48)(H,44,46)/t26-,30?,35-/m0/s1. The smallest absolute Gasteiger partial charge is 0.251 e. The topological polar surface area (TPSA) is 116 Å². The number of carbonyl (C=O) groups is 4. The van der Waals surface area contributed by atoms with Crippen LogP contribution in [-0.4, -0.2) is 54.7 Å². The van der Waals surface area contributed by atoms with Crippen LogP contribution in [0.2, 0.25) is 5.02 Å². The van der Waals surface area contributed by atoms with E-state index < -0.39 is 23.8 Å². The SMILES string of the molecule is CCCCC(=O)[C@@H](NC(=O)[C@H](C)NCC(CCc1ccccc1)NC(=O)c1cccc(C(=O)NCCc2c(F)cccc2Cl)c1)C(C)C. The van der Waals surface area contributed by atoms with Gasteiger partial charge in [0, 0.05) is 47.3 Å². The van der Waals surface area contributed by atoms with Gasteiger partial charge in [0.1, 0.15) is 5.82 Å². The van der Waals surface area contributed by atoms with Gasteiger partial charge in [0.15, 0.2) is 5.78 Å². The minimum Gasteiger partial charge on any atom is -0.352 e. The second kappa shape index (κ2) is 19.7. The van der Waals surface area contributed by atoms with E-state index in [1.165, 1.54) is 18.2 Å². The third-order valence-corrected chi connectivity index (χ3v) is 8.57. The van der Waals surface area contributed by atoms with E-state index in [9.17, 15) is 23.6 Å². The summed E-state index contributed by atoms with van der Waals surface area (Å²) in [6.45, 7) is 8.08. The minimum absolute atomic E-state index is 0.0331. The Morgan fingerprint density at radius 1 is 0.833 bits per heavy atom. The maximum absolute atomic E-state index is 14.1. The molecule has 0 aromatic heterocycles. The van der Waals surface area contributed by atoms with Gasteiger partial charge in [-0.1, -0.05) is 81.3 Å². The molecule has 258 valence electrons. The van der Waals surface area contributed by atoms with Crippen LogP contribution in [0.1, 0.15) is 85.2 Å². The molecule has 3 aromatic carbocycles. The number of hydrogen-bond donors (Lipinski definition) is 4. The predicted octanol–water partition coefficient (Wildman–Crippen LogP) is 6.06. The molecule has 0 spiro atoms. The summed E-state index contributed by atoms with van der Waals surface area (Å²) in [4.78, 5) is 52.1. The lowest BCUT2D eigenvalue weighted by atomic mass is 9.96. The third-order valence-electron chi connectivity index (χ3n) is 8.22. The van der Waals surface area contributed by atoms with Crippen molar-refractivity contribution in [1.82, 2.24) is 21.3 Å². The van der Waals surface area contributed by atoms with Crippen LogP contribution in [0.25, 0.3) is 0 Å². The Bertz CT molecular complexity index is 1500. The highest BCUT2D eigenvalue weighted by molar-refractivity contribution is 6.31. The van der Waals surface area contributed by atoms with Crippen LogP contribution in [0.15, 0.2) is 72.8 Å². The summed E-state index contributed by atoms with van der Waals surface area (Å²) in [7, 11) is 0. The molecule has 8 nitrogen and oxygen atoms in total. The van der Waals surface area contributed by atoms with Gasteiger partial charge in [0.2, 0.25) is 5.91 Å². The average molecular weight is 679 g/mol. The van der Waals surface area contributed by atoms with Crippen LogP contribution in [0, 0.1) is 11.7 Å². The molecule has 0 bridgehead atoms. The molecule has 0 fully saturated rings. The highest BCUT2D eigenvalue weighted by atomic mass is 35.5. The molecule has 3 amide bonds. The molecule has 10 heteroatoms. The van der Waals surface area contributed by atoms with Gasteiger partial charge in [-0.05, 0) is 74.4 Å². The van der Waals surface area contributed by atoms with Gasteiger partial charge in [-0.25, -0.2) is 4.39 Å². The van der Waals surface area contributed by atoms with Crippen molar-refractivity contribution in [1.29, 1.82) is 0 Å². The second-order valence-corrected chi connectivity index (χ2v) is 12.8. The molecule has 0 saturated heterocycles. The first-order valence-electron chi connectivity index (χ1n) is 16.7. The molecular formula is C38H48ClFN4O4. The summed E-state index contributed by atoms with van der Waals surface area (Å²) in [5.74, 6) is -1.47. The number of aryl methyl sites for hydroxylation is 1. The number of amides is 3. The lowest BCUT2D eigenvalue weighted by Crippen LogP contribution is -2.53. The van der Waals surface area contributed by atoms with E-state index >= 15 is 0 Å². The highest BCUT2D eigenvalue weighted by Gasteiger charge is 2.26. The fraction of sp³-hybridized carbons (Fsp3) is 0.421. The first kappa shape index (κ1) is 38.4. The van der Waals surface area contributed by atoms with Gasteiger partial charge >= 0.3 is 0 Å². The number of nitrogens with one attached hydrogen (secondary N) is 4. The number of unbranched alkanes of at least 4 members (excludes halogenated alkanes) is 1. The van der Waals surface area contributed by atoms with Crippen molar-refractivity contribution >= 4 is 35.1 Å². The van der Waals surface area contributed by atoms with Gasteiger partial charge in [-0.2, -0.15) is 0 Å².